The highest BCUT2D eigenvalue weighted by Crippen LogP contribution is 2.17. The van der Waals surface area contributed by atoms with Crippen LogP contribution in [0.1, 0.15) is 50.3 Å². The maximum absolute atomic E-state index is 13.2. The van der Waals surface area contributed by atoms with Gasteiger partial charge in [0.1, 0.15) is 11.8 Å². The normalized spacial score (nSPS) is 12.7. The molecule has 5 nitrogen and oxygen atoms in total. The van der Waals surface area contributed by atoms with Gasteiger partial charge in [0.05, 0.1) is 0 Å². The number of amides is 2. The summed E-state index contributed by atoms with van der Waals surface area (Å²) in [4.78, 5) is 27.8. The van der Waals surface area contributed by atoms with Crippen molar-refractivity contribution in [3.8, 4) is 5.75 Å². The molecule has 0 heterocycles. The van der Waals surface area contributed by atoms with Gasteiger partial charge in [-0.2, -0.15) is 0 Å². The largest absolute Gasteiger partial charge is 0.484 e. The van der Waals surface area contributed by atoms with Crippen molar-refractivity contribution in [1.82, 2.24) is 10.2 Å². The summed E-state index contributed by atoms with van der Waals surface area (Å²) in [7, 11) is 0. The van der Waals surface area contributed by atoms with Crippen LogP contribution in [0.2, 0.25) is 0 Å². The lowest BCUT2D eigenvalue weighted by Crippen LogP contribution is -2.51. The first-order valence-electron chi connectivity index (χ1n) is 10.7. The van der Waals surface area contributed by atoms with Crippen LogP contribution in [0.5, 0.6) is 5.75 Å². The van der Waals surface area contributed by atoms with Crippen molar-refractivity contribution in [3.05, 3.63) is 65.2 Å². The summed E-state index contributed by atoms with van der Waals surface area (Å²) in [5, 5.41) is 3.02. The van der Waals surface area contributed by atoms with E-state index in [4.69, 9.17) is 4.74 Å². The Bertz CT molecular complexity index is 833. The molecule has 1 N–H and O–H groups in total. The molecule has 2 aromatic carbocycles. The van der Waals surface area contributed by atoms with Crippen LogP contribution in [0.4, 0.5) is 0 Å². The second-order valence-corrected chi connectivity index (χ2v) is 7.79. The minimum absolute atomic E-state index is 0.0609. The Labute approximate surface area is 180 Å². The van der Waals surface area contributed by atoms with E-state index in [1.165, 1.54) is 0 Å². The van der Waals surface area contributed by atoms with Gasteiger partial charge in [-0.25, -0.2) is 0 Å². The van der Waals surface area contributed by atoms with E-state index in [0.29, 0.717) is 18.7 Å². The van der Waals surface area contributed by atoms with Gasteiger partial charge in [-0.1, -0.05) is 55.8 Å². The predicted octanol–water partition coefficient (Wildman–Crippen LogP) is 4.40. The summed E-state index contributed by atoms with van der Waals surface area (Å²) in [6, 6.07) is 15.0. The Morgan fingerprint density at radius 2 is 1.67 bits per heavy atom. The molecule has 0 unspecified atom stereocenters. The quantitative estimate of drug-likeness (QED) is 0.631. The zero-order valence-electron chi connectivity index (χ0n) is 18.8. The number of benzene rings is 2. The number of aryl methyl sites for hydroxylation is 2. The van der Waals surface area contributed by atoms with E-state index in [0.717, 1.165) is 23.1 Å². The minimum atomic E-state index is -0.548. The number of nitrogens with zero attached hydrogens (tertiary/aromatic N) is 1. The maximum Gasteiger partial charge on any atom is 0.261 e. The Balaban J connectivity index is 2.21. The highest BCUT2D eigenvalue weighted by atomic mass is 16.5. The molecule has 2 aromatic rings. The van der Waals surface area contributed by atoms with Gasteiger partial charge in [0.2, 0.25) is 5.91 Å². The van der Waals surface area contributed by atoms with Gasteiger partial charge in [0.25, 0.3) is 5.91 Å². The molecule has 30 heavy (non-hydrogen) atoms. The molecule has 162 valence electrons. The van der Waals surface area contributed by atoms with Crippen LogP contribution in [0.3, 0.4) is 0 Å². The average molecular weight is 411 g/mol. The highest BCUT2D eigenvalue weighted by Gasteiger charge is 2.29. The molecule has 2 rings (SSSR count). The number of rotatable bonds is 10. The average Bonchev–Trinajstić information content (AvgIpc) is 2.74. The van der Waals surface area contributed by atoms with Crippen LogP contribution in [0.15, 0.2) is 48.5 Å². The molecule has 0 saturated carbocycles. The fourth-order valence-corrected chi connectivity index (χ4v) is 3.19. The third-order valence-corrected chi connectivity index (χ3v) is 5.37. The van der Waals surface area contributed by atoms with Gasteiger partial charge < -0.3 is 15.0 Å². The van der Waals surface area contributed by atoms with E-state index in [-0.39, 0.29) is 24.5 Å². The molecule has 0 aliphatic rings. The molecule has 2 atom stereocenters. The van der Waals surface area contributed by atoms with Gasteiger partial charge in [-0.3, -0.25) is 9.59 Å². The van der Waals surface area contributed by atoms with E-state index < -0.39 is 6.04 Å². The molecule has 0 aromatic heterocycles. The van der Waals surface area contributed by atoms with Gasteiger partial charge in [-0.15, -0.1) is 0 Å². The van der Waals surface area contributed by atoms with Gasteiger partial charge >= 0.3 is 0 Å². The van der Waals surface area contributed by atoms with Crippen molar-refractivity contribution in [2.45, 2.75) is 66.1 Å². The molecule has 0 aliphatic heterocycles. The van der Waals surface area contributed by atoms with Gasteiger partial charge in [-0.05, 0) is 56.9 Å². The summed E-state index contributed by atoms with van der Waals surface area (Å²) in [5.41, 5.74) is 3.24. The van der Waals surface area contributed by atoms with Crippen LogP contribution >= 0.6 is 0 Å². The van der Waals surface area contributed by atoms with Gasteiger partial charge in [0, 0.05) is 12.6 Å². The van der Waals surface area contributed by atoms with E-state index >= 15 is 0 Å². The van der Waals surface area contributed by atoms with Gasteiger partial charge in [0.15, 0.2) is 6.61 Å². The topological polar surface area (TPSA) is 58.6 Å². The first-order valence-corrected chi connectivity index (χ1v) is 10.7. The molecule has 0 radical (unpaired) electrons. The second kappa shape index (κ2) is 11.4. The summed E-state index contributed by atoms with van der Waals surface area (Å²) in [5.74, 6) is 0.316. The Hall–Kier alpha value is -2.82. The lowest BCUT2D eigenvalue weighted by molar-refractivity contribution is -0.143. The Kier molecular flexibility index (Phi) is 8.90. The second-order valence-electron chi connectivity index (χ2n) is 7.79. The van der Waals surface area contributed by atoms with Crippen LogP contribution < -0.4 is 10.1 Å². The lowest BCUT2D eigenvalue weighted by Gasteiger charge is -2.31. The fourth-order valence-electron chi connectivity index (χ4n) is 3.19. The monoisotopic (exact) mass is 410 g/mol. The third-order valence-electron chi connectivity index (χ3n) is 5.37. The molecule has 0 saturated heterocycles. The molecular weight excluding hydrogens is 376 g/mol. The molecule has 2 amide bonds. The fraction of sp³-hybridized carbons (Fsp3) is 0.440. The number of hydrogen-bond acceptors (Lipinski definition) is 3. The number of ether oxygens (including phenoxy) is 1. The molecule has 0 bridgehead atoms. The van der Waals surface area contributed by atoms with Crippen LogP contribution in [-0.4, -0.2) is 35.4 Å². The maximum atomic E-state index is 13.2. The Morgan fingerprint density at radius 1 is 1.00 bits per heavy atom. The zero-order chi connectivity index (χ0) is 22.1. The number of carbonyl (C=O) groups is 2. The van der Waals surface area contributed by atoms with E-state index in [9.17, 15) is 9.59 Å². The third kappa shape index (κ3) is 6.61. The SMILES string of the molecule is CC[C@@H](C)NC(=O)[C@@H](CC)N(Cc1ccccc1C)C(=O)COc1ccc(C)cc1. The zero-order valence-corrected chi connectivity index (χ0v) is 18.8. The lowest BCUT2D eigenvalue weighted by atomic mass is 10.1. The molecule has 5 heteroatoms. The molecule has 0 fully saturated rings. The Morgan fingerprint density at radius 3 is 2.27 bits per heavy atom. The summed E-state index contributed by atoms with van der Waals surface area (Å²) >= 11 is 0. The summed E-state index contributed by atoms with van der Waals surface area (Å²) in [6.07, 6.45) is 1.37. The van der Waals surface area contributed by atoms with Crippen LogP contribution in [0, 0.1) is 13.8 Å². The van der Waals surface area contributed by atoms with Crippen molar-refractivity contribution >= 4 is 11.8 Å². The first kappa shape index (κ1) is 23.5. The number of carbonyl (C=O) groups excluding carboxylic acids is 2. The highest BCUT2D eigenvalue weighted by molar-refractivity contribution is 5.88. The predicted molar refractivity (Wildman–Crippen MR) is 120 cm³/mol. The summed E-state index contributed by atoms with van der Waals surface area (Å²) < 4.78 is 5.73. The molecule has 0 spiro atoms. The first-order chi connectivity index (χ1) is 14.3. The smallest absolute Gasteiger partial charge is 0.261 e. The summed E-state index contributed by atoms with van der Waals surface area (Å²) in [6.45, 7) is 10.2. The number of hydrogen-bond donors (Lipinski definition) is 1. The van der Waals surface area contributed by atoms with Crippen molar-refractivity contribution in [2.75, 3.05) is 6.61 Å². The van der Waals surface area contributed by atoms with Crippen LogP contribution in [0.25, 0.3) is 0 Å². The van der Waals surface area contributed by atoms with E-state index in [1.807, 2.05) is 83.1 Å². The standard InChI is InChI=1S/C25H34N2O3/c1-6-20(5)26-25(29)23(7-2)27(16-21-11-9-8-10-19(21)4)24(28)17-30-22-14-12-18(3)13-15-22/h8-15,20,23H,6-7,16-17H2,1-5H3,(H,26,29)/t20-,23-/m1/s1. The van der Waals surface area contributed by atoms with Crippen LogP contribution in [-0.2, 0) is 16.1 Å². The van der Waals surface area contributed by atoms with E-state index in [1.54, 1.807) is 4.90 Å². The van der Waals surface area contributed by atoms with Crippen molar-refractivity contribution in [1.29, 1.82) is 0 Å². The van der Waals surface area contributed by atoms with E-state index in [2.05, 4.69) is 5.32 Å². The van der Waals surface area contributed by atoms with Crippen molar-refractivity contribution in [2.24, 2.45) is 0 Å². The van der Waals surface area contributed by atoms with Crippen molar-refractivity contribution < 1.29 is 14.3 Å². The molecule has 0 aliphatic carbocycles. The molecular formula is C25H34N2O3. The number of nitrogens with one attached hydrogen (secondary N) is 1. The van der Waals surface area contributed by atoms with Crippen molar-refractivity contribution in [3.63, 3.8) is 0 Å². The minimum Gasteiger partial charge on any atom is -0.484 e.